The average molecular weight is 370 g/mol. The minimum atomic E-state index is -0.412. The molecule has 1 heterocycles. The van der Waals surface area contributed by atoms with Crippen molar-refractivity contribution in [1.29, 1.82) is 0 Å². The normalized spacial score (nSPS) is 10.0. The first-order chi connectivity index (χ1) is 9.08. The molecule has 1 aromatic heterocycles. The maximum absolute atomic E-state index is 11.8. The summed E-state index contributed by atoms with van der Waals surface area (Å²) in [6, 6.07) is 8.55. The zero-order valence-corrected chi connectivity index (χ0v) is 12.2. The number of rotatable bonds is 2. The molecular weight excluding hydrogens is 359 g/mol. The van der Waals surface area contributed by atoms with Gasteiger partial charge in [-0.1, -0.05) is 0 Å². The van der Waals surface area contributed by atoms with Crippen LogP contribution in [0.5, 0.6) is 0 Å². The number of hydrogen-bond donors (Lipinski definition) is 2. The molecular formula is C13H11IN2O3. The minimum absolute atomic E-state index is 0.370. The molecule has 0 saturated carbocycles. The number of hydrogen-bond acceptors (Lipinski definition) is 3. The Morgan fingerprint density at radius 2 is 1.68 bits per heavy atom. The molecule has 19 heavy (non-hydrogen) atoms. The first-order valence-corrected chi connectivity index (χ1v) is 6.56. The lowest BCUT2D eigenvalue weighted by Crippen LogP contribution is -2.41. The van der Waals surface area contributed by atoms with Crippen LogP contribution in [0.15, 0.2) is 41.0 Å². The van der Waals surface area contributed by atoms with Gasteiger partial charge in [-0.2, -0.15) is 0 Å². The van der Waals surface area contributed by atoms with Crippen molar-refractivity contribution in [3.63, 3.8) is 0 Å². The Morgan fingerprint density at radius 1 is 1.05 bits per heavy atom. The van der Waals surface area contributed by atoms with Gasteiger partial charge in [0.1, 0.15) is 5.76 Å². The van der Waals surface area contributed by atoms with Crippen LogP contribution < -0.4 is 10.9 Å². The molecule has 1 aromatic carbocycles. The molecule has 2 rings (SSSR count). The first-order valence-electron chi connectivity index (χ1n) is 5.48. The van der Waals surface area contributed by atoms with Crippen molar-refractivity contribution in [3.8, 4) is 0 Å². The van der Waals surface area contributed by atoms with Crippen LogP contribution in [0, 0.1) is 10.5 Å². The van der Waals surface area contributed by atoms with Gasteiger partial charge in [-0.25, -0.2) is 0 Å². The van der Waals surface area contributed by atoms with Crippen LogP contribution in [0.25, 0.3) is 0 Å². The summed E-state index contributed by atoms with van der Waals surface area (Å²) in [5, 5.41) is 0. The summed E-state index contributed by atoms with van der Waals surface area (Å²) in [7, 11) is 0. The summed E-state index contributed by atoms with van der Waals surface area (Å²) in [6.45, 7) is 1.68. The number of halogens is 1. The van der Waals surface area contributed by atoms with Crippen LogP contribution in [0.1, 0.15) is 26.5 Å². The highest BCUT2D eigenvalue weighted by molar-refractivity contribution is 14.1. The number of benzene rings is 1. The van der Waals surface area contributed by atoms with E-state index in [4.69, 9.17) is 4.42 Å². The fraction of sp³-hybridized carbons (Fsp3) is 0.0769. The van der Waals surface area contributed by atoms with E-state index >= 15 is 0 Å². The Balaban J connectivity index is 1.96. The largest absolute Gasteiger partial charge is 0.469 e. The molecule has 0 saturated heterocycles. The van der Waals surface area contributed by atoms with Crippen molar-refractivity contribution in [2.75, 3.05) is 0 Å². The maximum atomic E-state index is 11.8. The number of carbonyl (C=O) groups is 2. The Morgan fingerprint density at radius 3 is 2.26 bits per heavy atom. The van der Waals surface area contributed by atoms with Crippen LogP contribution in [0.4, 0.5) is 0 Å². The second-order valence-electron chi connectivity index (χ2n) is 3.81. The molecule has 0 unspecified atom stereocenters. The second-order valence-corrected chi connectivity index (χ2v) is 5.05. The van der Waals surface area contributed by atoms with E-state index in [0.717, 1.165) is 3.57 Å². The molecule has 2 N–H and O–H groups in total. The van der Waals surface area contributed by atoms with Gasteiger partial charge in [0.05, 0.1) is 11.8 Å². The lowest BCUT2D eigenvalue weighted by Gasteiger charge is -2.06. The van der Waals surface area contributed by atoms with Gasteiger partial charge in [-0.3, -0.25) is 20.4 Å². The van der Waals surface area contributed by atoms with Crippen molar-refractivity contribution in [1.82, 2.24) is 10.9 Å². The fourth-order valence-electron chi connectivity index (χ4n) is 1.47. The number of carbonyl (C=O) groups excluding carboxylic acids is 2. The lowest BCUT2D eigenvalue weighted by molar-refractivity contribution is 0.0845. The Kier molecular flexibility index (Phi) is 4.20. The van der Waals surface area contributed by atoms with Crippen LogP contribution in [0.3, 0.4) is 0 Å². The van der Waals surface area contributed by atoms with E-state index < -0.39 is 5.91 Å². The molecule has 0 aliphatic carbocycles. The van der Waals surface area contributed by atoms with Crippen molar-refractivity contribution >= 4 is 34.4 Å². The summed E-state index contributed by atoms with van der Waals surface area (Å²) in [4.78, 5) is 23.5. The molecule has 0 bridgehead atoms. The summed E-state index contributed by atoms with van der Waals surface area (Å²) in [6.07, 6.45) is 1.42. The number of hydrazine groups is 1. The summed E-state index contributed by atoms with van der Waals surface area (Å²) < 4.78 is 6.05. The summed E-state index contributed by atoms with van der Waals surface area (Å²) in [5.74, 6) is -0.281. The maximum Gasteiger partial charge on any atom is 0.273 e. The van der Waals surface area contributed by atoms with Crippen LogP contribution >= 0.6 is 22.6 Å². The molecule has 6 heteroatoms. The van der Waals surface area contributed by atoms with E-state index in [1.807, 2.05) is 12.1 Å². The number of nitrogens with one attached hydrogen (secondary N) is 2. The molecule has 2 aromatic rings. The predicted molar refractivity (Wildman–Crippen MR) is 77.5 cm³/mol. The van der Waals surface area contributed by atoms with Gasteiger partial charge in [0.15, 0.2) is 0 Å². The van der Waals surface area contributed by atoms with Gasteiger partial charge in [0, 0.05) is 9.13 Å². The van der Waals surface area contributed by atoms with Crippen LogP contribution in [0.2, 0.25) is 0 Å². The van der Waals surface area contributed by atoms with Crippen molar-refractivity contribution in [3.05, 3.63) is 57.1 Å². The van der Waals surface area contributed by atoms with Crippen LogP contribution in [-0.4, -0.2) is 11.8 Å². The molecule has 0 spiro atoms. The van der Waals surface area contributed by atoms with Gasteiger partial charge >= 0.3 is 0 Å². The van der Waals surface area contributed by atoms with Gasteiger partial charge in [-0.15, -0.1) is 0 Å². The highest BCUT2D eigenvalue weighted by Crippen LogP contribution is 2.08. The Labute approximate surface area is 123 Å². The number of aryl methyl sites for hydroxylation is 1. The third-order valence-electron chi connectivity index (χ3n) is 2.50. The van der Waals surface area contributed by atoms with Gasteiger partial charge in [0.25, 0.3) is 11.8 Å². The Bertz CT molecular complexity index is 605. The fourth-order valence-corrected chi connectivity index (χ4v) is 1.83. The monoisotopic (exact) mass is 370 g/mol. The summed E-state index contributed by atoms with van der Waals surface area (Å²) >= 11 is 2.15. The van der Waals surface area contributed by atoms with Crippen molar-refractivity contribution in [2.24, 2.45) is 0 Å². The number of amides is 2. The van der Waals surface area contributed by atoms with E-state index in [0.29, 0.717) is 16.9 Å². The highest BCUT2D eigenvalue weighted by atomic mass is 127. The van der Waals surface area contributed by atoms with E-state index in [1.54, 1.807) is 25.1 Å². The van der Waals surface area contributed by atoms with Gasteiger partial charge < -0.3 is 4.42 Å². The van der Waals surface area contributed by atoms with Gasteiger partial charge in [0.2, 0.25) is 0 Å². The number of furan rings is 1. The van der Waals surface area contributed by atoms with Crippen LogP contribution in [-0.2, 0) is 0 Å². The zero-order chi connectivity index (χ0) is 13.8. The third-order valence-corrected chi connectivity index (χ3v) is 3.22. The summed E-state index contributed by atoms with van der Waals surface area (Å²) in [5.41, 5.74) is 5.56. The van der Waals surface area contributed by atoms with Crippen molar-refractivity contribution in [2.45, 2.75) is 6.92 Å². The predicted octanol–water partition coefficient (Wildman–Crippen LogP) is 2.27. The molecule has 0 aliphatic rings. The lowest BCUT2D eigenvalue weighted by atomic mass is 10.2. The minimum Gasteiger partial charge on any atom is -0.469 e. The zero-order valence-electron chi connectivity index (χ0n) is 10.1. The average Bonchev–Trinajstić information content (AvgIpc) is 2.83. The first kappa shape index (κ1) is 13.6. The van der Waals surface area contributed by atoms with E-state index in [9.17, 15) is 9.59 Å². The molecule has 98 valence electrons. The van der Waals surface area contributed by atoms with E-state index in [-0.39, 0.29) is 5.91 Å². The van der Waals surface area contributed by atoms with E-state index in [1.165, 1.54) is 6.26 Å². The SMILES string of the molecule is Cc1occc1C(=O)NNC(=O)c1ccc(I)cc1. The highest BCUT2D eigenvalue weighted by Gasteiger charge is 2.12. The Hall–Kier alpha value is -1.83. The molecule has 5 nitrogen and oxygen atoms in total. The third kappa shape index (κ3) is 3.34. The quantitative estimate of drug-likeness (QED) is 0.630. The standard InChI is InChI=1S/C13H11IN2O3/c1-8-11(6-7-19-8)13(18)16-15-12(17)9-2-4-10(14)5-3-9/h2-7H,1H3,(H,15,17)(H,16,18). The topological polar surface area (TPSA) is 71.3 Å². The molecule has 0 aliphatic heterocycles. The van der Waals surface area contributed by atoms with Gasteiger partial charge in [-0.05, 0) is 59.8 Å². The van der Waals surface area contributed by atoms with E-state index in [2.05, 4.69) is 33.4 Å². The smallest absolute Gasteiger partial charge is 0.273 e. The second kappa shape index (κ2) is 5.87. The molecule has 0 radical (unpaired) electrons. The molecule has 0 atom stereocenters. The molecule has 0 fully saturated rings. The van der Waals surface area contributed by atoms with Crippen molar-refractivity contribution < 1.29 is 14.0 Å². The molecule has 2 amide bonds.